The van der Waals surface area contributed by atoms with E-state index in [1.165, 1.54) is 11.3 Å². The first kappa shape index (κ1) is 7.93. The summed E-state index contributed by atoms with van der Waals surface area (Å²) in [7, 11) is 0. The van der Waals surface area contributed by atoms with E-state index in [0.717, 1.165) is 4.88 Å². The molecule has 0 aromatic carbocycles. The fraction of sp³-hybridized carbons (Fsp3) is 0. The number of carbonyl (C=O) groups is 1. The van der Waals surface area contributed by atoms with E-state index in [1.54, 1.807) is 6.07 Å². The number of carboxylic acids is 1. The minimum atomic E-state index is -1.19. The highest BCUT2D eigenvalue weighted by molar-refractivity contribution is 7.13. The number of hydrogen-bond donors (Lipinski definition) is 1. The van der Waals surface area contributed by atoms with Crippen LogP contribution in [-0.4, -0.2) is 21.2 Å². The Hall–Kier alpha value is -1.69. The van der Waals surface area contributed by atoms with Gasteiger partial charge in [0.15, 0.2) is 0 Å². The van der Waals surface area contributed by atoms with E-state index < -0.39 is 5.97 Å². The van der Waals surface area contributed by atoms with Gasteiger partial charge < -0.3 is 9.63 Å². The predicted octanol–water partition coefficient (Wildman–Crippen LogP) is 1.50. The van der Waals surface area contributed by atoms with Crippen LogP contribution in [0, 0.1) is 0 Å². The maximum Gasteiger partial charge on any atom is 0.377 e. The van der Waals surface area contributed by atoms with Crippen LogP contribution in [0.2, 0.25) is 0 Å². The molecular formula is C7H4N2O3S. The fourth-order valence-electron chi connectivity index (χ4n) is 0.811. The van der Waals surface area contributed by atoms with Gasteiger partial charge in [-0.15, -0.1) is 11.3 Å². The maximum absolute atomic E-state index is 10.4. The summed E-state index contributed by atoms with van der Waals surface area (Å²) in [4.78, 5) is 14.9. The van der Waals surface area contributed by atoms with Crippen LogP contribution in [0.3, 0.4) is 0 Å². The number of hydrogen-bond acceptors (Lipinski definition) is 5. The van der Waals surface area contributed by atoms with Gasteiger partial charge in [-0.05, 0) is 16.6 Å². The molecule has 0 bridgehead atoms. The SMILES string of the molecule is O=C(O)c1noc(-c2cccs2)n1. The second-order valence-corrected chi connectivity index (χ2v) is 3.15. The van der Waals surface area contributed by atoms with Crippen LogP contribution < -0.4 is 0 Å². The Kier molecular flexibility index (Phi) is 1.82. The minimum Gasteiger partial charge on any atom is -0.475 e. The summed E-state index contributed by atoms with van der Waals surface area (Å²) in [5.74, 6) is -1.26. The van der Waals surface area contributed by atoms with E-state index in [4.69, 9.17) is 9.63 Å². The Labute approximate surface area is 76.6 Å². The van der Waals surface area contributed by atoms with Crippen molar-refractivity contribution in [3.8, 4) is 10.8 Å². The molecule has 2 rings (SSSR count). The molecule has 0 unspecified atom stereocenters. The Morgan fingerprint density at radius 2 is 2.46 bits per heavy atom. The van der Waals surface area contributed by atoms with Crippen molar-refractivity contribution in [1.82, 2.24) is 10.1 Å². The van der Waals surface area contributed by atoms with Crippen LogP contribution >= 0.6 is 11.3 Å². The van der Waals surface area contributed by atoms with Crippen molar-refractivity contribution in [2.75, 3.05) is 0 Å². The van der Waals surface area contributed by atoms with E-state index >= 15 is 0 Å². The number of nitrogens with zero attached hydrogens (tertiary/aromatic N) is 2. The lowest BCUT2D eigenvalue weighted by atomic mass is 10.5. The largest absolute Gasteiger partial charge is 0.475 e. The summed E-state index contributed by atoms with van der Waals surface area (Å²) in [5.41, 5.74) is 0. The lowest BCUT2D eigenvalue weighted by molar-refractivity contribution is 0.0680. The van der Waals surface area contributed by atoms with Crippen LogP contribution in [0.25, 0.3) is 10.8 Å². The zero-order valence-corrected chi connectivity index (χ0v) is 7.11. The molecule has 0 saturated heterocycles. The zero-order chi connectivity index (χ0) is 9.26. The van der Waals surface area contributed by atoms with Gasteiger partial charge in [-0.25, -0.2) is 4.79 Å². The molecule has 0 saturated carbocycles. The van der Waals surface area contributed by atoms with Crippen molar-refractivity contribution in [3.05, 3.63) is 23.3 Å². The van der Waals surface area contributed by atoms with E-state index in [2.05, 4.69) is 10.1 Å². The van der Waals surface area contributed by atoms with Crippen molar-refractivity contribution in [1.29, 1.82) is 0 Å². The van der Waals surface area contributed by atoms with Crippen LogP contribution in [0.4, 0.5) is 0 Å². The lowest BCUT2D eigenvalue weighted by Crippen LogP contribution is -1.97. The van der Waals surface area contributed by atoms with E-state index in [9.17, 15) is 4.79 Å². The number of thiophene rings is 1. The molecule has 0 amide bonds. The first-order valence-electron chi connectivity index (χ1n) is 3.38. The fourth-order valence-corrected chi connectivity index (χ4v) is 1.46. The van der Waals surface area contributed by atoms with Gasteiger partial charge in [-0.1, -0.05) is 6.07 Å². The summed E-state index contributed by atoms with van der Waals surface area (Å²) in [6, 6.07) is 3.61. The monoisotopic (exact) mass is 196 g/mol. The van der Waals surface area contributed by atoms with Gasteiger partial charge in [0.25, 0.3) is 11.7 Å². The molecular weight excluding hydrogens is 192 g/mol. The zero-order valence-electron chi connectivity index (χ0n) is 6.30. The van der Waals surface area contributed by atoms with Gasteiger partial charge in [0.1, 0.15) is 0 Å². The summed E-state index contributed by atoms with van der Waals surface area (Å²) in [6.07, 6.45) is 0. The molecule has 66 valence electrons. The number of carboxylic acid groups (broad SMARTS) is 1. The van der Waals surface area contributed by atoms with Crippen LogP contribution in [-0.2, 0) is 0 Å². The number of aromatic carboxylic acids is 1. The average Bonchev–Trinajstić information content (AvgIpc) is 2.75. The van der Waals surface area contributed by atoms with Crippen LogP contribution in [0.15, 0.2) is 22.0 Å². The van der Waals surface area contributed by atoms with Crippen LogP contribution in [0.5, 0.6) is 0 Å². The number of aromatic nitrogens is 2. The minimum absolute atomic E-state index is 0.243. The highest BCUT2D eigenvalue weighted by atomic mass is 32.1. The predicted molar refractivity (Wildman–Crippen MR) is 44.6 cm³/mol. The molecule has 1 N–H and O–H groups in total. The number of rotatable bonds is 2. The third kappa shape index (κ3) is 1.43. The summed E-state index contributed by atoms with van der Waals surface area (Å²) in [5, 5.41) is 13.7. The highest BCUT2D eigenvalue weighted by Crippen LogP contribution is 2.22. The molecule has 0 fully saturated rings. The van der Waals surface area contributed by atoms with Gasteiger partial charge in [-0.2, -0.15) is 4.98 Å². The third-order valence-corrected chi connectivity index (χ3v) is 2.21. The Morgan fingerprint density at radius 3 is 3.00 bits per heavy atom. The third-order valence-electron chi connectivity index (χ3n) is 1.35. The molecule has 0 aliphatic heterocycles. The molecule has 0 aliphatic rings. The second-order valence-electron chi connectivity index (χ2n) is 2.21. The van der Waals surface area contributed by atoms with E-state index in [0.29, 0.717) is 0 Å². The van der Waals surface area contributed by atoms with Crippen molar-refractivity contribution < 1.29 is 14.4 Å². The molecule has 0 spiro atoms. The van der Waals surface area contributed by atoms with Crippen molar-refractivity contribution in [2.45, 2.75) is 0 Å². The molecule has 0 atom stereocenters. The Balaban J connectivity index is 2.39. The van der Waals surface area contributed by atoms with Gasteiger partial charge in [0.05, 0.1) is 4.88 Å². The molecule has 2 aromatic rings. The first-order valence-corrected chi connectivity index (χ1v) is 4.26. The first-order chi connectivity index (χ1) is 6.27. The molecule has 5 nitrogen and oxygen atoms in total. The van der Waals surface area contributed by atoms with E-state index in [1.807, 2.05) is 11.4 Å². The normalized spacial score (nSPS) is 10.2. The molecule has 0 aliphatic carbocycles. The summed E-state index contributed by atoms with van der Waals surface area (Å²) >= 11 is 1.41. The van der Waals surface area contributed by atoms with Crippen molar-refractivity contribution in [2.24, 2.45) is 0 Å². The van der Waals surface area contributed by atoms with Crippen molar-refractivity contribution >= 4 is 17.3 Å². The molecule has 0 radical (unpaired) electrons. The van der Waals surface area contributed by atoms with Gasteiger partial charge in [-0.3, -0.25) is 0 Å². The van der Waals surface area contributed by atoms with Crippen molar-refractivity contribution in [3.63, 3.8) is 0 Å². The van der Waals surface area contributed by atoms with Crippen LogP contribution in [0.1, 0.15) is 10.6 Å². The Bertz CT molecular complexity index is 421. The topological polar surface area (TPSA) is 76.2 Å². The second kappa shape index (κ2) is 2.98. The molecule has 6 heteroatoms. The Morgan fingerprint density at radius 1 is 1.62 bits per heavy atom. The molecule has 2 heterocycles. The standard InChI is InChI=1S/C7H4N2O3S/c10-7(11)5-8-6(12-9-5)4-2-1-3-13-4/h1-3H,(H,10,11). The summed E-state index contributed by atoms with van der Waals surface area (Å²) < 4.78 is 4.74. The molecule has 2 aromatic heterocycles. The molecule has 13 heavy (non-hydrogen) atoms. The van der Waals surface area contributed by atoms with Gasteiger partial charge in [0, 0.05) is 0 Å². The lowest BCUT2D eigenvalue weighted by Gasteiger charge is -1.81. The quantitative estimate of drug-likeness (QED) is 0.787. The average molecular weight is 196 g/mol. The smallest absolute Gasteiger partial charge is 0.377 e. The van der Waals surface area contributed by atoms with Gasteiger partial charge >= 0.3 is 5.97 Å². The van der Waals surface area contributed by atoms with E-state index in [-0.39, 0.29) is 11.7 Å². The maximum atomic E-state index is 10.4. The van der Waals surface area contributed by atoms with Gasteiger partial charge in [0.2, 0.25) is 0 Å². The highest BCUT2D eigenvalue weighted by Gasteiger charge is 2.14. The summed E-state index contributed by atoms with van der Waals surface area (Å²) in [6.45, 7) is 0.